The highest BCUT2D eigenvalue weighted by Crippen LogP contribution is 2.55. The summed E-state index contributed by atoms with van der Waals surface area (Å²) in [5, 5.41) is 6.54. The number of likely N-dealkylation sites (tertiary alicyclic amines) is 1. The fourth-order valence-corrected chi connectivity index (χ4v) is 6.21. The van der Waals surface area contributed by atoms with Crippen LogP contribution in [0.1, 0.15) is 32.1 Å². The second kappa shape index (κ2) is 9.32. The van der Waals surface area contributed by atoms with Gasteiger partial charge in [-0.25, -0.2) is 0 Å². The van der Waals surface area contributed by atoms with E-state index < -0.39 is 29.6 Å². The standard InChI is InChI=1S/C25H30ClN3O5/c1-33-13-12-29-21(23(31)27-16-7-3-2-4-8-16)25-11-10-18(34-25)19(20(25)24(29)32)22(30)28-17-9-5-6-15(26)14-17/h5-6,9-11,14,16,18-21H,2-4,7-8,12-13H2,1H3,(H,27,31)(H,28,30)/t18-,19+,20-,21-,25+/m1/s1. The zero-order valence-corrected chi connectivity index (χ0v) is 19.9. The maximum atomic E-state index is 13.7. The molecule has 9 heteroatoms. The van der Waals surface area contributed by atoms with Crippen molar-refractivity contribution >= 4 is 35.0 Å². The van der Waals surface area contributed by atoms with Gasteiger partial charge in [0, 0.05) is 30.4 Å². The topological polar surface area (TPSA) is 97.0 Å². The van der Waals surface area contributed by atoms with Crippen molar-refractivity contribution in [2.24, 2.45) is 11.8 Å². The number of nitrogens with one attached hydrogen (secondary N) is 2. The van der Waals surface area contributed by atoms with E-state index in [-0.39, 0.29) is 36.9 Å². The molecule has 1 aliphatic carbocycles. The van der Waals surface area contributed by atoms with Crippen molar-refractivity contribution in [1.82, 2.24) is 10.2 Å². The van der Waals surface area contributed by atoms with Crippen LogP contribution in [-0.2, 0) is 23.9 Å². The molecule has 8 nitrogen and oxygen atoms in total. The second-order valence-corrected chi connectivity index (χ2v) is 10.0. The molecule has 5 atom stereocenters. The first-order chi connectivity index (χ1) is 16.4. The highest BCUT2D eigenvalue weighted by molar-refractivity contribution is 6.30. The third-order valence-electron chi connectivity index (χ3n) is 7.51. The van der Waals surface area contributed by atoms with E-state index in [1.165, 1.54) is 11.3 Å². The summed E-state index contributed by atoms with van der Waals surface area (Å²) >= 11 is 6.06. The molecular weight excluding hydrogens is 458 g/mol. The Labute approximate surface area is 204 Å². The number of methoxy groups -OCH3 is 1. The predicted octanol–water partition coefficient (Wildman–Crippen LogP) is 2.52. The van der Waals surface area contributed by atoms with Crippen molar-refractivity contribution in [1.29, 1.82) is 0 Å². The number of benzene rings is 1. The Kier molecular flexibility index (Phi) is 6.39. The van der Waals surface area contributed by atoms with Crippen LogP contribution in [0.25, 0.3) is 0 Å². The lowest BCUT2D eigenvalue weighted by Gasteiger charge is -2.34. The number of hydrogen-bond donors (Lipinski definition) is 2. The Morgan fingerprint density at radius 1 is 1.24 bits per heavy atom. The average Bonchev–Trinajstić information content (AvgIpc) is 3.45. The summed E-state index contributed by atoms with van der Waals surface area (Å²) in [7, 11) is 1.56. The Morgan fingerprint density at radius 2 is 2.03 bits per heavy atom. The zero-order valence-electron chi connectivity index (χ0n) is 19.2. The zero-order chi connectivity index (χ0) is 23.9. The van der Waals surface area contributed by atoms with Gasteiger partial charge >= 0.3 is 0 Å². The summed E-state index contributed by atoms with van der Waals surface area (Å²) in [6.07, 6.45) is 8.28. The minimum absolute atomic E-state index is 0.0978. The first-order valence-electron chi connectivity index (χ1n) is 12.0. The van der Waals surface area contributed by atoms with E-state index in [1.807, 2.05) is 12.2 Å². The van der Waals surface area contributed by atoms with Crippen LogP contribution in [-0.4, -0.2) is 66.7 Å². The van der Waals surface area contributed by atoms with Crippen molar-refractivity contribution in [2.45, 2.75) is 55.9 Å². The molecule has 1 aromatic rings. The summed E-state index contributed by atoms with van der Waals surface area (Å²) in [6, 6.07) is 6.12. The molecule has 5 rings (SSSR count). The van der Waals surface area contributed by atoms with Gasteiger partial charge in [-0.2, -0.15) is 0 Å². The molecule has 1 aromatic carbocycles. The van der Waals surface area contributed by atoms with E-state index in [9.17, 15) is 14.4 Å². The maximum absolute atomic E-state index is 13.7. The van der Waals surface area contributed by atoms with Gasteiger partial charge in [0.05, 0.1) is 24.5 Å². The van der Waals surface area contributed by atoms with Gasteiger partial charge in [-0.05, 0) is 31.0 Å². The molecule has 3 fully saturated rings. The lowest BCUT2D eigenvalue weighted by atomic mass is 9.74. The second-order valence-electron chi connectivity index (χ2n) is 9.57. The maximum Gasteiger partial charge on any atom is 0.246 e. The largest absolute Gasteiger partial charge is 0.383 e. The molecule has 1 spiro atoms. The molecule has 3 aliphatic heterocycles. The predicted molar refractivity (Wildman–Crippen MR) is 126 cm³/mol. The molecule has 34 heavy (non-hydrogen) atoms. The first kappa shape index (κ1) is 23.3. The monoisotopic (exact) mass is 487 g/mol. The van der Waals surface area contributed by atoms with Gasteiger partial charge in [-0.1, -0.05) is 49.1 Å². The van der Waals surface area contributed by atoms with Crippen LogP contribution in [0.4, 0.5) is 5.69 Å². The van der Waals surface area contributed by atoms with Crippen molar-refractivity contribution in [3.63, 3.8) is 0 Å². The Bertz CT molecular complexity index is 1010. The molecule has 182 valence electrons. The molecule has 1 saturated carbocycles. The molecule has 2 N–H and O–H groups in total. The van der Waals surface area contributed by atoms with Gasteiger partial charge in [-0.3, -0.25) is 14.4 Å². The molecule has 2 saturated heterocycles. The van der Waals surface area contributed by atoms with Crippen LogP contribution in [0.15, 0.2) is 36.4 Å². The lowest BCUT2D eigenvalue weighted by Crippen LogP contribution is -2.57. The number of halogens is 1. The number of hydrogen-bond acceptors (Lipinski definition) is 5. The molecule has 3 heterocycles. The Morgan fingerprint density at radius 3 is 2.76 bits per heavy atom. The number of fused-ring (bicyclic) bond motifs is 1. The number of nitrogens with zero attached hydrogens (tertiary/aromatic N) is 1. The molecule has 0 aromatic heterocycles. The number of ether oxygens (including phenoxy) is 2. The van der Waals surface area contributed by atoms with Crippen molar-refractivity contribution in [2.75, 3.05) is 25.6 Å². The summed E-state index contributed by atoms with van der Waals surface area (Å²) in [4.78, 5) is 42.2. The van der Waals surface area contributed by atoms with Crippen LogP contribution in [0.3, 0.4) is 0 Å². The van der Waals surface area contributed by atoms with Crippen LogP contribution in [0.2, 0.25) is 5.02 Å². The Balaban J connectivity index is 1.42. The SMILES string of the molecule is COCCN1C(=O)[C@H]2[C@@H](C(=O)Nc3cccc(Cl)c3)[C@H]3C=C[C@@]2(O3)[C@H]1C(=O)NC1CCCCC1. The molecule has 2 bridgehead atoms. The number of carbonyl (C=O) groups excluding carboxylic acids is 3. The highest BCUT2D eigenvalue weighted by atomic mass is 35.5. The van der Waals surface area contributed by atoms with Crippen LogP contribution >= 0.6 is 11.6 Å². The van der Waals surface area contributed by atoms with E-state index >= 15 is 0 Å². The van der Waals surface area contributed by atoms with Gasteiger partial charge in [-0.15, -0.1) is 0 Å². The molecule has 4 aliphatic rings. The van der Waals surface area contributed by atoms with Gasteiger partial charge in [0.15, 0.2) is 0 Å². The van der Waals surface area contributed by atoms with Gasteiger partial charge in [0.2, 0.25) is 17.7 Å². The van der Waals surface area contributed by atoms with E-state index in [1.54, 1.807) is 31.4 Å². The third kappa shape index (κ3) is 3.91. The van der Waals surface area contributed by atoms with Gasteiger partial charge < -0.3 is 25.0 Å². The van der Waals surface area contributed by atoms with Gasteiger partial charge in [0.25, 0.3) is 0 Å². The van der Waals surface area contributed by atoms with Crippen molar-refractivity contribution in [3.8, 4) is 0 Å². The lowest BCUT2D eigenvalue weighted by molar-refractivity contribution is -0.142. The van der Waals surface area contributed by atoms with E-state index in [0.29, 0.717) is 10.7 Å². The number of anilines is 1. The minimum Gasteiger partial charge on any atom is -0.383 e. The smallest absolute Gasteiger partial charge is 0.246 e. The quantitative estimate of drug-likeness (QED) is 0.576. The molecular formula is C25H30ClN3O5. The van der Waals surface area contributed by atoms with Crippen LogP contribution < -0.4 is 10.6 Å². The van der Waals surface area contributed by atoms with Crippen LogP contribution in [0.5, 0.6) is 0 Å². The van der Waals surface area contributed by atoms with E-state index in [4.69, 9.17) is 21.1 Å². The average molecular weight is 488 g/mol. The first-order valence-corrected chi connectivity index (χ1v) is 12.4. The van der Waals surface area contributed by atoms with Crippen molar-refractivity contribution in [3.05, 3.63) is 41.4 Å². The number of rotatable bonds is 7. The van der Waals surface area contributed by atoms with Crippen LogP contribution in [0, 0.1) is 11.8 Å². The van der Waals surface area contributed by atoms with E-state index in [0.717, 1.165) is 25.7 Å². The fraction of sp³-hybridized carbons (Fsp3) is 0.560. The van der Waals surface area contributed by atoms with Gasteiger partial charge in [0.1, 0.15) is 11.6 Å². The number of carbonyl (C=O) groups is 3. The minimum atomic E-state index is -1.16. The summed E-state index contributed by atoms with van der Waals surface area (Å²) in [5.74, 6) is -2.31. The normalized spacial score (nSPS) is 32.2. The molecule has 3 amide bonds. The van der Waals surface area contributed by atoms with Crippen molar-refractivity contribution < 1.29 is 23.9 Å². The fourth-order valence-electron chi connectivity index (χ4n) is 6.02. The third-order valence-corrected chi connectivity index (χ3v) is 7.74. The summed E-state index contributed by atoms with van der Waals surface area (Å²) in [5.41, 5.74) is -0.614. The van der Waals surface area contributed by atoms with E-state index in [2.05, 4.69) is 10.6 Å². The summed E-state index contributed by atoms with van der Waals surface area (Å²) < 4.78 is 11.5. The highest BCUT2D eigenvalue weighted by Gasteiger charge is 2.72. The molecule has 0 unspecified atom stereocenters. The molecule has 0 radical (unpaired) electrons. The Hall–Kier alpha value is -2.42. The number of amides is 3. The summed E-state index contributed by atoms with van der Waals surface area (Å²) in [6.45, 7) is 0.537.